The normalized spacial score (nSPS) is 11.9. The molecule has 0 fully saturated rings. The Morgan fingerprint density at radius 1 is 1.41 bits per heavy atom. The summed E-state index contributed by atoms with van der Waals surface area (Å²) in [5.41, 5.74) is 7.65. The molecule has 0 spiro atoms. The minimum absolute atomic E-state index is 0.0163. The topological polar surface area (TPSA) is 70.2 Å². The van der Waals surface area contributed by atoms with Crippen molar-refractivity contribution in [1.29, 1.82) is 5.41 Å². The molecule has 92 valence electrons. The highest BCUT2D eigenvalue weighted by Gasteiger charge is 2.14. The first-order valence-corrected chi connectivity index (χ1v) is 5.58. The van der Waals surface area contributed by atoms with Crippen molar-refractivity contribution < 1.29 is 4.79 Å². The Hall–Kier alpha value is -1.84. The van der Waals surface area contributed by atoms with Gasteiger partial charge in [-0.3, -0.25) is 4.79 Å². The second kappa shape index (κ2) is 5.48. The van der Waals surface area contributed by atoms with E-state index >= 15 is 0 Å². The Balaban J connectivity index is 2.66. The number of nitrogens with two attached hydrogens (primary N) is 1. The van der Waals surface area contributed by atoms with Crippen LogP contribution >= 0.6 is 0 Å². The van der Waals surface area contributed by atoms with E-state index in [4.69, 9.17) is 11.1 Å². The van der Waals surface area contributed by atoms with Crippen molar-refractivity contribution in [3.63, 3.8) is 0 Å². The zero-order valence-electron chi connectivity index (χ0n) is 10.5. The largest absolute Gasteiger partial charge is 0.399 e. The molecule has 3 N–H and O–H groups in total. The first kappa shape index (κ1) is 13.2. The van der Waals surface area contributed by atoms with Crippen LogP contribution < -0.4 is 5.73 Å². The molecule has 0 saturated heterocycles. The highest BCUT2D eigenvalue weighted by Crippen LogP contribution is 2.11. The molecule has 4 heteroatoms. The SMILES string of the molecule is CC(=O)N(C)C(C)CC(=N)c1ccc(N)cc1. The van der Waals surface area contributed by atoms with Gasteiger partial charge in [0.2, 0.25) is 5.91 Å². The summed E-state index contributed by atoms with van der Waals surface area (Å²) in [6, 6.07) is 7.25. The van der Waals surface area contributed by atoms with Gasteiger partial charge in [-0.2, -0.15) is 0 Å². The van der Waals surface area contributed by atoms with E-state index in [2.05, 4.69) is 0 Å². The highest BCUT2D eigenvalue weighted by atomic mass is 16.2. The molecule has 0 aromatic heterocycles. The van der Waals surface area contributed by atoms with Crippen molar-refractivity contribution in [1.82, 2.24) is 4.90 Å². The van der Waals surface area contributed by atoms with E-state index < -0.39 is 0 Å². The fourth-order valence-corrected chi connectivity index (χ4v) is 1.54. The number of hydrogen-bond acceptors (Lipinski definition) is 3. The van der Waals surface area contributed by atoms with Crippen LogP contribution in [0.15, 0.2) is 24.3 Å². The lowest BCUT2D eigenvalue weighted by atomic mass is 10.0. The monoisotopic (exact) mass is 233 g/mol. The molecule has 1 rings (SSSR count). The third-order valence-corrected chi connectivity index (χ3v) is 2.92. The molecule has 1 aromatic carbocycles. The number of carbonyl (C=O) groups is 1. The van der Waals surface area contributed by atoms with Crippen molar-refractivity contribution in [2.75, 3.05) is 12.8 Å². The van der Waals surface area contributed by atoms with Gasteiger partial charge < -0.3 is 16.0 Å². The Labute approximate surface area is 102 Å². The molecule has 0 heterocycles. The molecule has 0 aliphatic heterocycles. The lowest BCUT2D eigenvalue weighted by Crippen LogP contribution is -2.34. The van der Waals surface area contributed by atoms with Crippen molar-refractivity contribution in [2.45, 2.75) is 26.3 Å². The summed E-state index contributed by atoms with van der Waals surface area (Å²) in [6.07, 6.45) is 0.542. The molecule has 0 radical (unpaired) electrons. The van der Waals surface area contributed by atoms with Gasteiger partial charge in [0.25, 0.3) is 0 Å². The van der Waals surface area contributed by atoms with Gasteiger partial charge in [-0.15, -0.1) is 0 Å². The third-order valence-electron chi connectivity index (χ3n) is 2.92. The number of hydrogen-bond donors (Lipinski definition) is 2. The van der Waals surface area contributed by atoms with E-state index in [1.54, 1.807) is 24.1 Å². The number of nitrogens with zero attached hydrogens (tertiary/aromatic N) is 1. The van der Waals surface area contributed by atoms with Gasteiger partial charge in [0.05, 0.1) is 0 Å². The van der Waals surface area contributed by atoms with Crippen molar-refractivity contribution in [2.24, 2.45) is 0 Å². The Kier molecular flexibility index (Phi) is 4.26. The number of anilines is 1. The Morgan fingerprint density at radius 2 is 1.94 bits per heavy atom. The fourth-order valence-electron chi connectivity index (χ4n) is 1.54. The Morgan fingerprint density at radius 3 is 2.41 bits per heavy atom. The average molecular weight is 233 g/mol. The van der Waals surface area contributed by atoms with Gasteiger partial charge in [0.15, 0.2) is 0 Å². The second-order valence-electron chi connectivity index (χ2n) is 4.28. The van der Waals surface area contributed by atoms with Gasteiger partial charge in [-0.1, -0.05) is 12.1 Å². The minimum Gasteiger partial charge on any atom is -0.399 e. The van der Waals surface area contributed by atoms with Crippen LogP contribution in [-0.2, 0) is 4.79 Å². The molecule has 0 aliphatic rings. The van der Waals surface area contributed by atoms with Crippen molar-refractivity contribution in [3.8, 4) is 0 Å². The zero-order valence-corrected chi connectivity index (χ0v) is 10.5. The van der Waals surface area contributed by atoms with E-state index in [9.17, 15) is 4.79 Å². The van der Waals surface area contributed by atoms with E-state index in [0.29, 0.717) is 17.8 Å². The lowest BCUT2D eigenvalue weighted by molar-refractivity contribution is -0.129. The van der Waals surface area contributed by atoms with Crippen LogP contribution in [0.3, 0.4) is 0 Å². The smallest absolute Gasteiger partial charge is 0.219 e. The highest BCUT2D eigenvalue weighted by molar-refractivity contribution is 5.98. The van der Waals surface area contributed by atoms with E-state index in [1.165, 1.54) is 6.92 Å². The van der Waals surface area contributed by atoms with Gasteiger partial charge in [-0.25, -0.2) is 0 Å². The summed E-state index contributed by atoms with van der Waals surface area (Å²) in [4.78, 5) is 12.8. The molecular weight excluding hydrogens is 214 g/mol. The number of amides is 1. The fraction of sp³-hybridized carbons (Fsp3) is 0.385. The van der Waals surface area contributed by atoms with Gasteiger partial charge in [0, 0.05) is 37.8 Å². The number of nitrogens with one attached hydrogen (secondary N) is 1. The van der Waals surface area contributed by atoms with Crippen LogP contribution in [0.4, 0.5) is 5.69 Å². The summed E-state index contributed by atoms with van der Waals surface area (Å²) in [5.74, 6) is 0.0163. The molecule has 4 nitrogen and oxygen atoms in total. The van der Waals surface area contributed by atoms with Gasteiger partial charge in [0.1, 0.15) is 0 Å². The summed E-state index contributed by atoms with van der Waals surface area (Å²) < 4.78 is 0. The van der Waals surface area contributed by atoms with Crippen LogP contribution in [0.2, 0.25) is 0 Å². The van der Waals surface area contributed by atoms with Crippen molar-refractivity contribution in [3.05, 3.63) is 29.8 Å². The Bertz CT molecular complexity index is 411. The number of nitrogen functional groups attached to an aromatic ring is 1. The predicted molar refractivity (Wildman–Crippen MR) is 70.2 cm³/mol. The molecule has 0 bridgehead atoms. The number of rotatable bonds is 4. The molecule has 1 atom stereocenters. The number of benzene rings is 1. The molecule has 1 amide bonds. The molecular formula is C13H19N3O. The lowest BCUT2D eigenvalue weighted by Gasteiger charge is -2.23. The maximum Gasteiger partial charge on any atom is 0.219 e. The second-order valence-corrected chi connectivity index (χ2v) is 4.28. The average Bonchev–Trinajstić information content (AvgIpc) is 2.28. The van der Waals surface area contributed by atoms with Gasteiger partial charge >= 0.3 is 0 Å². The predicted octanol–water partition coefficient (Wildman–Crippen LogP) is 1.89. The van der Waals surface area contributed by atoms with E-state index in [0.717, 1.165) is 5.56 Å². The maximum absolute atomic E-state index is 11.2. The van der Waals surface area contributed by atoms with E-state index in [-0.39, 0.29) is 11.9 Å². The summed E-state index contributed by atoms with van der Waals surface area (Å²) in [5, 5.41) is 7.99. The molecule has 1 unspecified atom stereocenters. The first-order valence-electron chi connectivity index (χ1n) is 5.58. The van der Waals surface area contributed by atoms with Crippen LogP contribution in [-0.4, -0.2) is 29.6 Å². The summed E-state index contributed by atoms with van der Waals surface area (Å²) >= 11 is 0. The summed E-state index contributed by atoms with van der Waals surface area (Å²) in [7, 11) is 1.75. The standard InChI is InChI=1S/C13H19N3O/c1-9(16(3)10(2)17)8-13(15)11-4-6-12(14)7-5-11/h4-7,9,15H,8,14H2,1-3H3. The third kappa shape index (κ3) is 3.59. The molecule has 1 aromatic rings. The van der Waals surface area contributed by atoms with Crippen LogP contribution in [0.5, 0.6) is 0 Å². The molecule has 17 heavy (non-hydrogen) atoms. The minimum atomic E-state index is 0.0163. The van der Waals surface area contributed by atoms with Crippen LogP contribution in [0.25, 0.3) is 0 Å². The zero-order chi connectivity index (χ0) is 13.0. The van der Waals surface area contributed by atoms with Crippen LogP contribution in [0.1, 0.15) is 25.8 Å². The van der Waals surface area contributed by atoms with Crippen molar-refractivity contribution >= 4 is 17.3 Å². The molecule has 0 aliphatic carbocycles. The van der Waals surface area contributed by atoms with Gasteiger partial charge in [-0.05, 0) is 24.6 Å². The number of carbonyl (C=O) groups excluding carboxylic acids is 1. The van der Waals surface area contributed by atoms with E-state index in [1.807, 2.05) is 19.1 Å². The summed E-state index contributed by atoms with van der Waals surface area (Å²) in [6.45, 7) is 3.47. The molecule has 0 saturated carbocycles. The quantitative estimate of drug-likeness (QED) is 0.616. The first-order chi connectivity index (χ1) is 7.91. The maximum atomic E-state index is 11.2. The van der Waals surface area contributed by atoms with Crippen LogP contribution in [0, 0.1) is 5.41 Å².